The summed E-state index contributed by atoms with van der Waals surface area (Å²) >= 11 is 12.8. The van der Waals surface area contributed by atoms with Crippen LogP contribution in [0.5, 0.6) is 0 Å². The van der Waals surface area contributed by atoms with E-state index in [0.717, 1.165) is 27.3 Å². The normalized spacial score (nSPS) is 15.2. The summed E-state index contributed by atoms with van der Waals surface area (Å²) in [6.07, 6.45) is 2.51. The molecule has 1 fully saturated rings. The minimum atomic E-state index is -0.507. The van der Waals surface area contributed by atoms with Crippen molar-refractivity contribution in [2.45, 2.75) is 23.1 Å². The summed E-state index contributed by atoms with van der Waals surface area (Å²) in [7, 11) is 0. The van der Waals surface area contributed by atoms with Gasteiger partial charge >= 0.3 is 0 Å². The first kappa shape index (κ1) is 22.3. The number of amides is 2. The molecule has 32 heavy (non-hydrogen) atoms. The van der Waals surface area contributed by atoms with E-state index in [0.29, 0.717) is 10.7 Å². The largest absolute Gasteiger partial charge is 0.298 e. The molecule has 7 heteroatoms. The highest BCUT2D eigenvalue weighted by molar-refractivity contribution is 7.99. The highest BCUT2D eigenvalue weighted by Crippen LogP contribution is 2.33. The summed E-state index contributed by atoms with van der Waals surface area (Å²) in [6.45, 7) is 2.06. The van der Waals surface area contributed by atoms with Crippen LogP contribution in [0.4, 0.5) is 5.69 Å². The van der Waals surface area contributed by atoms with Crippen molar-refractivity contribution in [2.24, 2.45) is 0 Å². The van der Waals surface area contributed by atoms with E-state index >= 15 is 0 Å². The number of aryl methyl sites for hydroxylation is 1. The first-order valence-electron chi connectivity index (χ1n) is 9.99. The summed E-state index contributed by atoms with van der Waals surface area (Å²) in [4.78, 5) is 29.2. The number of nitrogens with zero attached hydrogens (tertiary/aromatic N) is 1. The Morgan fingerprint density at radius 1 is 1.00 bits per heavy atom. The van der Waals surface area contributed by atoms with Crippen LogP contribution in [0.15, 0.2) is 88.2 Å². The maximum Gasteiger partial charge on any atom is 0.270 e. The Labute approximate surface area is 201 Å². The van der Waals surface area contributed by atoms with E-state index in [1.54, 1.807) is 6.08 Å². The summed E-state index contributed by atoms with van der Waals surface area (Å²) in [5, 5.41) is 3.38. The fraction of sp³-hybridized carbons (Fsp3) is 0.0800. The van der Waals surface area contributed by atoms with Crippen molar-refractivity contribution in [3.63, 3.8) is 0 Å². The molecule has 3 aromatic carbocycles. The van der Waals surface area contributed by atoms with E-state index in [2.05, 4.69) is 12.2 Å². The summed E-state index contributed by atoms with van der Waals surface area (Å²) in [5.41, 5.74) is 2.56. The van der Waals surface area contributed by atoms with Gasteiger partial charge in [-0.05, 0) is 78.3 Å². The topological polar surface area (TPSA) is 49.4 Å². The lowest BCUT2D eigenvalue weighted by Gasteiger charge is -2.29. The van der Waals surface area contributed by atoms with Crippen molar-refractivity contribution < 1.29 is 9.59 Å². The van der Waals surface area contributed by atoms with Gasteiger partial charge in [0.05, 0.1) is 5.69 Å². The monoisotopic (exact) mass is 478 g/mol. The molecule has 1 aliphatic rings. The van der Waals surface area contributed by atoms with Crippen LogP contribution in [-0.4, -0.2) is 16.9 Å². The molecule has 4 rings (SSSR count). The summed E-state index contributed by atoms with van der Waals surface area (Å²) in [6, 6.07) is 22.7. The molecule has 0 radical (unpaired) electrons. The number of halogens is 1. The summed E-state index contributed by atoms with van der Waals surface area (Å²) < 4.78 is 0. The molecule has 1 saturated heterocycles. The quantitative estimate of drug-likeness (QED) is 0.282. The van der Waals surface area contributed by atoms with E-state index in [-0.39, 0.29) is 10.7 Å². The molecule has 0 spiro atoms. The second-order valence-corrected chi connectivity index (χ2v) is 9.01. The third-order valence-electron chi connectivity index (χ3n) is 4.96. The third kappa shape index (κ3) is 4.78. The molecule has 1 heterocycles. The predicted molar refractivity (Wildman–Crippen MR) is 134 cm³/mol. The van der Waals surface area contributed by atoms with Gasteiger partial charge in [0.15, 0.2) is 5.11 Å². The van der Waals surface area contributed by atoms with Gasteiger partial charge in [-0.2, -0.15) is 0 Å². The average Bonchev–Trinajstić information content (AvgIpc) is 2.79. The van der Waals surface area contributed by atoms with Gasteiger partial charge in [-0.25, -0.2) is 0 Å². The van der Waals surface area contributed by atoms with Crippen LogP contribution in [0.3, 0.4) is 0 Å². The number of thiocarbonyl (C=S) groups is 1. The number of rotatable bonds is 5. The zero-order valence-corrected chi connectivity index (χ0v) is 19.6. The van der Waals surface area contributed by atoms with Gasteiger partial charge in [0.2, 0.25) is 0 Å². The van der Waals surface area contributed by atoms with E-state index in [9.17, 15) is 9.59 Å². The van der Waals surface area contributed by atoms with Gasteiger partial charge in [-0.1, -0.05) is 60.6 Å². The molecule has 0 unspecified atom stereocenters. The van der Waals surface area contributed by atoms with E-state index in [1.165, 1.54) is 16.7 Å². The molecule has 0 atom stereocenters. The molecule has 160 valence electrons. The molecule has 4 nitrogen and oxygen atoms in total. The van der Waals surface area contributed by atoms with Gasteiger partial charge in [0.1, 0.15) is 5.57 Å². The van der Waals surface area contributed by atoms with Crippen molar-refractivity contribution in [3.8, 4) is 0 Å². The van der Waals surface area contributed by atoms with E-state index in [4.69, 9.17) is 23.8 Å². The molecule has 2 amide bonds. The Kier molecular flexibility index (Phi) is 6.74. The standard InChI is InChI=1S/C25H19ClN2O2S2/c1-2-16-7-11-19(12-8-16)28-24(30)21(23(29)27-25(28)31)15-17-5-3-4-6-22(17)32-20-13-9-18(26)10-14-20/h3-15H,2H2,1H3,(H,27,29,31)/b21-15-. The van der Waals surface area contributed by atoms with Crippen LogP contribution < -0.4 is 10.2 Å². The fourth-order valence-electron chi connectivity index (χ4n) is 3.25. The Morgan fingerprint density at radius 2 is 1.69 bits per heavy atom. The van der Waals surface area contributed by atoms with Crippen molar-refractivity contribution in [1.29, 1.82) is 0 Å². The van der Waals surface area contributed by atoms with Gasteiger partial charge < -0.3 is 0 Å². The molecule has 0 bridgehead atoms. The van der Waals surface area contributed by atoms with Crippen LogP contribution in [0.25, 0.3) is 6.08 Å². The lowest BCUT2D eigenvalue weighted by atomic mass is 10.1. The van der Waals surface area contributed by atoms with Gasteiger partial charge in [0, 0.05) is 14.8 Å². The number of hydrogen-bond acceptors (Lipinski definition) is 4. The predicted octanol–water partition coefficient (Wildman–Crippen LogP) is 5.88. The van der Waals surface area contributed by atoms with Crippen molar-refractivity contribution in [1.82, 2.24) is 5.32 Å². The zero-order valence-electron chi connectivity index (χ0n) is 17.2. The SMILES string of the molecule is CCc1ccc(N2C(=O)/C(=C\c3ccccc3Sc3ccc(Cl)cc3)C(=O)NC2=S)cc1. The molecule has 3 aromatic rings. The highest BCUT2D eigenvalue weighted by Gasteiger charge is 2.34. The number of benzene rings is 3. The van der Waals surface area contributed by atoms with Crippen LogP contribution in [0.2, 0.25) is 5.02 Å². The Morgan fingerprint density at radius 3 is 2.38 bits per heavy atom. The number of anilines is 1. The Balaban J connectivity index is 1.68. The second kappa shape index (κ2) is 9.69. The van der Waals surface area contributed by atoms with E-state index < -0.39 is 11.8 Å². The lowest BCUT2D eigenvalue weighted by Crippen LogP contribution is -2.54. The van der Waals surface area contributed by atoms with Crippen molar-refractivity contribution in [3.05, 3.63) is 94.5 Å². The molecule has 0 aromatic heterocycles. The highest BCUT2D eigenvalue weighted by atomic mass is 35.5. The minimum Gasteiger partial charge on any atom is -0.298 e. The van der Waals surface area contributed by atoms with Crippen LogP contribution >= 0.6 is 35.6 Å². The number of hydrogen-bond donors (Lipinski definition) is 1. The number of carbonyl (C=O) groups is 2. The Bertz CT molecular complexity index is 1220. The second-order valence-electron chi connectivity index (χ2n) is 7.07. The third-order valence-corrected chi connectivity index (χ3v) is 6.60. The van der Waals surface area contributed by atoms with Crippen LogP contribution in [0, 0.1) is 0 Å². The molecular formula is C25H19ClN2O2S2. The molecule has 0 saturated carbocycles. The molecule has 1 N–H and O–H groups in total. The fourth-order valence-corrected chi connectivity index (χ4v) is 4.58. The van der Waals surface area contributed by atoms with Gasteiger partial charge in [-0.15, -0.1) is 0 Å². The average molecular weight is 479 g/mol. The van der Waals surface area contributed by atoms with Gasteiger partial charge in [-0.3, -0.25) is 19.8 Å². The Hall–Kier alpha value is -2.93. The van der Waals surface area contributed by atoms with Crippen LogP contribution in [-0.2, 0) is 16.0 Å². The van der Waals surface area contributed by atoms with Crippen molar-refractivity contribution in [2.75, 3.05) is 4.90 Å². The maximum absolute atomic E-state index is 13.3. The number of carbonyl (C=O) groups excluding carboxylic acids is 2. The number of nitrogens with one attached hydrogen (secondary N) is 1. The smallest absolute Gasteiger partial charge is 0.270 e. The van der Waals surface area contributed by atoms with Crippen molar-refractivity contribution >= 4 is 64.3 Å². The molecule has 1 aliphatic heterocycles. The lowest BCUT2D eigenvalue weighted by molar-refractivity contribution is -0.122. The van der Waals surface area contributed by atoms with Crippen LogP contribution in [0.1, 0.15) is 18.1 Å². The first-order chi connectivity index (χ1) is 15.5. The molecule has 0 aliphatic carbocycles. The van der Waals surface area contributed by atoms with Gasteiger partial charge in [0.25, 0.3) is 11.8 Å². The molecular weight excluding hydrogens is 460 g/mol. The summed E-state index contributed by atoms with van der Waals surface area (Å²) in [5.74, 6) is -0.956. The minimum absolute atomic E-state index is 0.0299. The maximum atomic E-state index is 13.3. The van der Waals surface area contributed by atoms with E-state index in [1.807, 2.05) is 72.8 Å². The first-order valence-corrected chi connectivity index (χ1v) is 11.6. The zero-order chi connectivity index (χ0) is 22.7.